The molecule has 144 valence electrons. The Hall–Kier alpha value is -2.66. The Balaban J connectivity index is 2.59. The van der Waals surface area contributed by atoms with Crippen molar-refractivity contribution in [1.82, 2.24) is 0 Å². The molecule has 0 saturated carbocycles. The normalized spacial score (nSPS) is 11.7. The molecule has 2 aromatic rings. The summed E-state index contributed by atoms with van der Waals surface area (Å²) in [6.07, 6.45) is 0.481. The molecule has 0 aliphatic carbocycles. The van der Waals surface area contributed by atoms with Crippen molar-refractivity contribution in [2.75, 3.05) is 20.8 Å². The second-order valence-corrected chi connectivity index (χ2v) is 6.07. The number of benzene rings is 2. The molecule has 1 atom stereocenters. The summed E-state index contributed by atoms with van der Waals surface area (Å²) in [7, 11) is 2.88. The van der Waals surface area contributed by atoms with Gasteiger partial charge in [-0.05, 0) is 30.5 Å². The molecule has 0 fully saturated rings. The number of carbonyl (C=O) groups is 2. The van der Waals surface area contributed by atoms with E-state index in [-0.39, 0.29) is 5.78 Å². The fourth-order valence-electron chi connectivity index (χ4n) is 2.96. The van der Waals surface area contributed by atoms with E-state index in [9.17, 15) is 9.59 Å². The molecule has 5 nitrogen and oxygen atoms in total. The lowest BCUT2D eigenvalue weighted by Gasteiger charge is -2.21. The van der Waals surface area contributed by atoms with Crippen molar-refractivity contribution >= 4 is 11.8 Å². The van der Waals surface area contributed by atoms with Gasteiger partial charge >= 0.3 is 5.97 Å². The first-order valence-electron chi connectivity index (χ1n) is 9.07. The van der Waals surface area contributed by atoms with Gasteiger partial charge in [-0.1, -0.05) is 44.2 Å². The average molecular weight is 370 g/mol. The zero-order valence-electron chi connectivity index (χ0n) is 16.3. The smallest absolute Gasteiger partial charge is 0.339 e. The fraction of sp³-hybridized carbons (Fsp3) is 0.364. The molecule has 0 aliphatic rings. The van der Waals surface area contributed by atoms with Crippen LogP contribution >= 0.6 is 0 Å². The first-order chi connectivity index (χ1) is 13.1. The number of rotatable bonds is 9. The van der Waals surface area contributed by atoms with E-state index in [0.717, 1.165) is 12.0 Å². The van der Waals surface area contributed by atoms with Crippen molar-refractivity contribution in [3.63, 3.8) is 0 Å². The van der Waals surface area contributed by atoms with E-state index in [1.54, 1.807) is 37.4 Å². The highest BCUT2D eigenvalue weighted by Gasteiger charge is 2.29. The molecule has 2 rings (SSSR count). The predicted molar refractivity (Wildman–Crippen MR) is 103 cm³/mol. The van der Waals surface area contributed by atoms with E-state index >= 15 is 0 Å². The summed E-state index contributed by atoms with van der Waals surface area (Å²) in [6, 6.07) is 12.4. The largest absolute Gasteiger partial charge is 0.497 e. The molecule has 1 unspecified atom stereocenters. The number of carbonyl (C=O) groups excluding carboxylic acids is 2. The van der Waals surface area contributed by atoms with Gasteiger partial charge in [0.05, 0.1) is 14.2 Å². The summed E-state index contributed by atoms with van der Waals surface area (Å²) in [5.74, 6) is -0.0990. The second-order valence-electron chi connectivity index (χ2n) is 6.07. The molecule has 0 aliphatic heterocycles. The highest BCUT2D eigenvalue weighted by atomic mass is 16.6. The quantitative estimate of drug-likeness (QED) is 0.491. The summed E-state index contributed by atoms with van der Waals surface area (Å²) in [4.78, 5) is 25.6. The first-order valence-corrected chi connectivity index (χ1v) is 9.07. The zero-order valence-corrected chi connectivity index (χ0v) is 16.3. The molecule has 2 aromatic carbocycles. The number of esters is 1. The summed E-state index contributed by atoms with van der Waals surface area (Å²) in [5, 5.41) is 0. The van der Waals surface area contributed by atoms with Gasteiger partial charge in [-0.15, -0.1) is 0 Å². The summed E-state index contributed by atoms with van der Waals surface area (Å²) < 4.78 is 16.0. The molecular weight excluding hydrogens is 344 g/mol. The van der Waals surface area contributed by atoms with Crippen LogP contribution in [0.1, 0.15) is 53.4 Å². The third-order valence-corrected chi connectivity index (χ3v) is 4.32. The maximum Gasteiger partial charge on any atom is 0.339 e. The SMILES string of the molecule is CCCOC(C(=O)OC)c1c(CC)cccc1C(=O)c1cccc(OC)c1. The molecule has 0 N–H and O–H groups in total. The molecule has 0 amide bonds. The minimum absolute atomic E-state index is 0.187. The number of aryl methyl sites for hydroxylation is 1. The van der Waals surface area contributed by atoms with Crippen molar-refractivity contribution < 1.29 is 23.8 Å². The van der Waals surface area contributed by atoms with Gasteiger partial charge < -0.3 is 14.2 Å². The molecule has 0 heterocycles. The summed E-state index contributed by atoms with van der Waals surface area (Å²) >= 11 is 0. The summed E-state index contributed by atoms with van der Waals surface area (Å²) in [6.45, 7) is 4.33. The van der Waals surface area contributed by atoms with Crippen molar-refractivity contribution in [3.8, 4) is 5.75 Å². The Morgan fingerprint density at radius 1 is 1.04 bits per heavy atom. The van der Waals surface area contributed by atoms with Gasteiger partial charge in [-0.2, -0.15) is 0 Å². The van der Waals surface area contributed by atoms with Gasteiger partial charge in [0, 0.05) is 23.3 Å². The molecule has 0 radical (unpaired) electrons. The van der Waals surface area contributed by atoms with E-state index in [2.05, 4.69) is 0 Å². The van der Waals surface area contributed by atoms with Crippen molar-refractivity contribution in [1.29, 1.82) is 0 Å². The Kier molecular flexibility index (Phi) is 7.55. The first kappa shape index (κ1) is 20.6. The van der Waals surface area contributed by atoms with Crippen molar-refractivity contribution in [2.24, 2.45) is 0 Å². The van der Waals surface area contributed by atoms with Crippen LogP contribution < -0.4 is 4.74 Å². The predicted octanol–water partition coefficient (Wildman–Crippen LogP) is 4.13. The Morgan fingerprint density at radius 3 is 2.41 bits per heavy atom. The molecule has 0 aromatic heterocycles. The summed E-state index contributed by atoms with van der Waals surface area (Å²) in [5.41, 5.74) is 2.39. The van der Waals surface area contributed by atoms with Gasteiger partial charge in [0.15, 0.2) is 11.9 Å². The van der Waals surface area contributed by atoms with Gasteiger partial charge in [0.2, 0.25) is 0 Å². The zero-order chi connectivity index (χ0) is 19.8. The van der Waals surface area contributed by atoms with Crippen LogP contribution in [0.15, 0.2) is 42.5 Å². The van der Waals surface area contributed by atoms with E-state index in [4.69, 9.17) is 14.2 Å². The van der Waals surface area contributed by atoms with E-state index in [1.165, 1.54) is 7.11 Å². The molecule has 0 bridgehead atoms. The number of hydrogen-bond acceptors (Lipinski definition) is 5. The Morgan fingerprint density at radius 2 is 1.78 bits per heavy atom. The molecule has 0 saturated heterocycles. The standard InChI is InChI=1S/C22H26O5/c1-5-13-27-21(22(24)26-4)19-15(6-2)9-8-12-18(19)20(23)16-10-7-11-17(14-16)25-3/h7-12,14,21H,5-6,13H2,1-4H3. The van der Waals surface area contributed by atoms with Crippen molar-refractivity contribution in [2.45, 2.75) is 32.8 Å². The minimum atomic E-state index is -0.935. The number of methoxy groups -OCH3 is 2. The lowest BCUT2D eigenvalue weighted by atomic mass is 9.90. The fourth-order valence-corrected chi connectivity index (χ4v) is 2.96. The van der Waals surface area contributed by atoms with Crippen LogP contribution in [-0.4, -0.2) is 32.6 Å². The maximum absolute atomic E-state index is 13.2. The van der Waals surface area contributed by atoms with Crippen LogP contribution in [0.2, 0.25) is 0 Å². The topological polar surface area (TPSA) is 61.8 Å². The van der Waals surface area contributed by atoms with Crippen LogP contribution in [0.3, 0.4) is 0 Å². The Bertz CT molecular complexity index is 797. The van der Waals surface area contributed by atoms with Gasteiger partial charge in [0.1, 0.15) is 5.75 Å². The van der Waals surface area contributed by atoms with Crippen LogP contribution in [0, 0.1) is 0 Å². The van der Waals surface area contributed by atoms with Crippen LogP contribution in [-0.2, 0) is 20.7 Å². The molecule has 27 heavy (non-hydrogen) atoms. The van der Waals surface area contributed by atoms with Crippen molar-refractivity contribution in [3.05, 3.63) is 64.7 Å². The molecule has 0 spiro atoms. The second kappa shape index (κ2) is 9.88. The van der Waals surface area contributed by atoms with Crippen LogP contribution in [0.25, 0.3) is 0 Å². The minimum Gasteiger partial charge on any atom is -0.497 e. The van der Waals surface area contributed by atoms with Crippen LogP contribution in [0.5, 0.6) is 5.75 Å². The van der Waals surface area contributed by atoms with Gasteiger partial charge in [-0.3, -0.25) is 4.79 Å². The lowest BCUT2D eigenvalue weighted by molar-refractivity contribution is -0.154. The highest BCUT2D eigenvalue weighted by molar-refractivity contribution is 6.11. The monoisotopic (exact) mass is 370 g/mol. The lowest BCUT2D eigenvalue weighted by Crippen LogP contribution is -2.22. The number of hydrogen-bond donors (Lipinski definition) is 0. The molecular formula is C22H26O5. The number of ketones is 1. The van der Waals surface area contributed by atoms with Gasteiger partial charge in [0.25, 0.3) is 0 Å². The van der Waals surface area contributed by atoms with Crippen LogP contribution in [0.4, 0.5) is 0 Å². The van der Waals surface area contributed by atoms with E-state index < -0.39 is 12.1 Å². The molecule has 5 heteroatoms. The average Bonchev–Trinajstić information content (AvgIpc) is 2.73. The van der Waals surface area contributed by atoms with Gasteiger partial charge in [-0.25, -0.2) is 4.79 Å². The van der Waals surface area contributed by atoms with E-state index in [0.29, 0.717) is 35.5 Å². The van der Waals surface area contributed by atoms with E-state index in [1.807, 2.05) is 26.0 Å². The maximum atomic E-state index is 13.2. The third kappa shape index (κ3) is 4.74. The number of ether oxygens (including phenoxy) is 3. The highest BCUT2D eigenvalue weighted by Crippen LogP contribution is 2.30. The Labute approximate surface area is 160 Å². The third-order valence-electron chi connectivity index (χ3n) is 4.32.